The molecule has 0 spiro atoms. The summed E-state index contributed by atoms with van der Waals surface area (Å²) in [5.74, 6) is -0.212. The van der Waals surface area contributed by atoms with Gasteiger partial charge < -0.3 is 18.5 Å². The maximum Gasteiger partial charge on any atom is 0.248 e. The van der Waals surface area contributed by atoms with Crippen LogP contribution in [0.15, 0.2) is 53.7 Å². The first-order valence-electron chi connectivity index (χ1n) is 7.46. The number of ether oxygens (including phenoxy) is 2. The van der Waals surface area contributed by atoms with Gasteiger partial charge in [0.15, 0.2) is 5.76 Å². The highest BCUT2D eigenvalue weighted by atomic mass is 16.8. The Kier molecular flexibility index (Phi) is 3.06. The Morgan fingerprint density at radius 3 is 2.68 bits per heavy atom. The molecule has 0 aliphatic carbocycles. The van der Waals surface area contributed by atoms with Crippen LogP contribution in [0.5, 0.6) is 0 Å². The minimum atomic E-state index is -0.928. The lowest BCUT2D eigenvalue weighted by molar-refractivity contribution is -0.202. The molecule has 0 amide bonds. The first kappa shape index (κ1) is 13.5. The summed E-state index contributed by atoms with van der Waals surface area (Å²) >= 11 is 0. The van der Waals surface area contributed by atoms with Crippen LogP contribution in [-0.4, -0.2) is 21.8 Å². The SMILES string of the molecule is CC1OC(Cn2ccnc2)(c2occ3ccccc23)OC1C. The lowest BCUT2D eigenvalue weighted by Crippen LogP contribution is -2.33. The molecule has 0 bridgehead atoms. The molecule has 1 saturated heterocycles. The van der Waals surface area contributed by atoms with Gasteiger partial charge in [-0.15, -0.1) is 0 Å². The van der Waals surface area contributed by atoms with Gasteiger partial charge in [-0.2, -0.15) is 0 Å². The van der Waals surface area contributed by atoms with Crippen molar-refractivity contribution in [1.29, 1.82) is 0 Å². The van der Waals surface area contributed by atoms with Crippen molar-refractivity contribution in [3.05, 3.63) is 55.0 Å². The third-order valence-corrected chi connectivity index (χ3v) is 4.22. The molecule has 3 aromatic rings. The molecule has 4 rings (SSSR count). The molecule has 0 N–H and O–H groups in total. The first-order valence-corrected chi connectivity index (χ1v) is 7.46. The number of nitrogens with zero attached hydrogens (tertiary/aromatic N) is 2. The number of fused-ring (bicyclic) bond motifs is 1. The summed E-state index contributed by atoms with van der Waals surface area (Å²) < 4.78 is 20.3. The van der Waals surface area contributed by atoms with Crippen molar-refractivity contribution in [3.63, 3.8) is 0 Å². The highest BCUT2D eigenvalue weighted by molar-refractivity contribution is 5.84. The van der Waals surface area contributed by atoms with Gasteiger partial charge in [-0.1, -0.05) is 24.3 Å². The molecule has 2 aromatic heterocycles. The van der Waals surface area contributed by atoms with E-state index in [0.717, 1.165) is 10.8 Å². The maximum absolute atomic E-state index is 6.22. The molecule has 22 heavy (non-hydrogen) atoms. The fraction of sp³-hybridized carbons (Fsp3) is 0.353. The molecular formula is C17H18N2O3. The van der Waals surface area contributed by atoms with Gasteiger partial charge in [-0.25, -0.2) is 4.98 Å². The Morgan fingerprint density at radius 2 is 1.95 bits per heavy atom. The summed E-state index contributed by atoms with van der Waals surface area (Å²) in [6, 6.07) is 8.04. The van der Waals surface area contributed by atoms with Gasteiger partial charge in [0.25, 0.3) is 0 Å². The fourth-order valence-corrected chi connectivity index (χ4v) is 2.98. The van der Waals surface area contributed by atoms with E-state index in [1.807, 2.05) is 48.9 Å². The van der Waals surface area contributed by atoms with Crippen LogP contribution in [0.2, 0.25) is 0 Å². The molecule has 0 saturated carbocycles. The Labute approximate surface area is 128 Å². The van der Waals surface area contributed by atoms with Crippen molar-refractivity contribution in [3.8, 4) is 0 Å². The Hall–Kier alpha value is -2.11. The summed E-state index contributed by atoms with van der Waals surface area (Å²) in [6.07, 6.45) is 7.14. The molecule has 3 heterocycles. The monoisotopic (exact) mass is 298 g/mol. The molecule has 114 valence electrons. The van der Waals surface area contributed by atoms with E-state index < -0.39 is 5.79 Å². The lowest BCUT2D eigenvalue weighted by Gasteiger charge is -2.26. The third-order valence-electron chi connectivity index (χ3n) is 4.22. The van der Waals surface area contributed by atoms with Crippen molar-refractivity contribution in [1.82, 2.24) is 9.55 Å². The number of hydrogen-bond donors (Lipinski definition) is 0. The average molecular weight is 298 g/mol. The number of imidazole rings is 1. The maximum atomic E-state index is 6.22. The van der Waals surface area contributed by atoms with Crippen molar-refractivity contribution in [2.75, 3.05) is 0 Å². The minimum absolute atomic E-state index is 0.00705. The van der Waals surface area contributed by atoms with Crippen LogP contribution in [0.4, 0.5) is 0 Å². The quantitative estimate of drug-likeness (QED) is 0.744. The predicted molar refractivity (Wildman–Crippen MR) is 81.2 cm³/mol. The third kappa shape index (κ3) is 2.05. The summed E-state index contributed by atoms with van der Waals surface area (Å²) in [5.41, 5.74) is 0. The zero-order valence-electron chi connectivity index (χ0n) is 12.6. The fourth-order valence-electron chi connectivity index (χ4n) is 2.98. The first-order chi connectivity index (χ1) is 10.7. The molecule has 1 aliphatic heterocycles. The van der Waals surface area contributed by atoms with E-state index in [9.17, 15) is 0 Å². The highest BCUT2D eigenvalue weighted by Crippen LogP contribution is 2.42. The topological polar surface area (TPSA) is 49.4 Å². The van der Waals surface area contributed by atoms with Gasteiger partial charge in [-0.3, -0.25) is 0 Å². The van der Waals surface area contributed by atoms with Crippen LogP contribution in [0, 0.1) is 0 Å². The number of rotatable bonds is 3. The normalized spacial score (nSPS) is 28.5. The van der Waals surface area contributed by atoms with E-state index in [0.29, 0.717) is 12.3 Å². The molecule has 1 aliphatic rings. The van der Waals surface area contributed by atoms with Crippen molar-refractivity contribution < 1.29 is 13.9 Å². The standard InChI is InChI=1S/C17H18N2O3/c1-12-13(2)22-17(21-12,10-19-8-7-18-11-19)16-15-6-4-3-5-14(15)9-20-16/h3-9,11-13H,10H2,1-2H3. The molecule has 5 nitrogen and oxygen atoms in total. The zero-order valence-corrected chi connectivity index (χ0v) is 12.6. The second-order valence-electron chi connectivity index (χ2n) is 5.79. The van der Waals surface area contributed by atoms with Gasteiger partial charge in [0, 0.05) is 23.2 Å². The van der Waals surface area contributed by atoms with Crippen molar-refractivity contribution in [2.45, 2.75) is 38.4 Å². The predicted octanol–water partition coefficient (Wildman–Crippen LogP) is 3.31. The largest absolute Gasteiger partial charge is 0.462 e. The average Bonchev–Trinajstić information content (AvgIpc) is 3.20. The number of furan rings is 1. The summed E-state index contributed by atoms with van der Waals surface area (Å²) in [6.45, 7) is 4.54. The van der Waals surface area contributed by atoms with Crippen LogP contribution < -0.4 is 0 Å². The lowest BCUT2D eigenvalue weighted by atomic mass is 10.1. The van der Waals surface area contributed by atoms with E-state index in [1.165, 1.54) is 0 Å². The summed E-state index contributed by atoms with van der Waals surface area (Å²) in [5, 5.41) is 2.06. The molecule has 1 aromatic carbocycles. The van der Waals surface area contributed by atoms with Gasteiger partial charge in [0.05, 0.1) is 31.3 Å². The van der Waals surface area contributed by atoms with E-state index in [1.54, 1.807) is 18.8 Å². The summed E-state index contributed by atoms with van der Waals surface area (Å²) in [7, 11) is 0. The number of hydrogen-bond acceptors (Lipinski definition) is 4. The summed E-state index contributed by atoms with van der Waals surface area (Å²) in [4.78, 5) is 4.10. The Morgan fingerprint density at radius 1 is 1.18 bits per heavy atom. The van der Waals surface area contributed by atoms with Gasteiger partial charge >= 0.3 is 0 Å². The smallest absolute Gasteiger partial charge is 0.248 e. The van der Waals surface area contributed by atoms with Crippen LogP contribution >= 0.6 is 0 Å². The van der Waals surface area contributed by atoms with Crippen LogP contribution in [0.3, 0.4) is 0 Å². The Bertz CT molecular complexity index is 768. The molecular weight excluding hydrogens is 280 g/mol. The van der Waals surface area contributed by atoms with E-state index in [4.69, 9.17) is 13.9 Å². The molecule has 5 heteroatoms. The van der Waals surface area contributed by atoms with Crippen LogP contribution in [0.1, 0.15) is 19.6 Å². The molecule has 2 atom stereocenters. The zero-order chi connectivity index (χ0) is 15.2. The second kappa shape index (κ2) is 4.97. The van der Waals surface area contributed by atoms with Gasteiger partial charge in [0.2, 0.25) is 5.79 Å². The van der Waals surface area contributed by atoms with Crippen LogP contribution in [-0.2, 0) is 21.8 Å². The Balaban J connectivity index is 1.84. The molecule has 2 unspecified atom stereocenters. The number of aromatic nitrogens is 2. The molecule has 1 fully saturated rings. The minimum Gasteiger partial charge on any atom is -0.462 e. The van der Waals surface area contributed by atoms with Gasteiger partial charge in [0.1, 0.15) is 0 Å². The molecule has 0 radical (unpaired) electrons. The van der Waals surface area contributed by atoms with Crippen molar-refractivity contribution >= 4 is 10.8 Å². The van der Waals surface area contributed by atoms with Crippen molar-refractivity contribution in [2.24, 2.45) is 0 Å². The second-order valence-corrected chi connectivity index (χ2v) is 5.79. The van der Waals surface area contributed by atoms with E-state index in [-0.39, 0.29) is 12.2 Å². The van der Waals surface area contributed by atoms with Crippen LogP contribution in [0.25, 0.3) is 10.8 Å². The van der Waals surface area contributed by atoms with E-state index >= 15 is 0 Å². The highest BCUT2D eigenvalue weighted by Gasteiger charge is 2.49. The number of benzene rings is 1. The van der Waals surface area contributed by atoms with Gasteiger partial charge in [-0.05, 0) is 13.8 Å². The van der Waals surface area contributed by atoms with E-state index in [2.05, 4.69) is 4.98 Å².